The highest BCUT2D eigenvalue weighted by atomic mass is 19.1. The molecule has 0 heterocycles. The molecule has 5 nitrogen and oxygen atoms in total. The molecule has 25 heavy (non-hydrogen) atoms. The molecule has 1 unspecified atom stereocenters. The number of aliphatic hydroxyl groups is 1. The highest BCUT2D eigenvalue weighted by molar-refractivity contribution is 5.89. The second-order valence-corrected chi connectivity index (χ2v) is 6.16. The summed E-state index contributed by atoms with van der Waals surface area (Å²) in [6.07, 6.45) is -0.898. The van der Waals surface area contributed by atoms with Gasteiger partial charge in [-0.3, -0.25) is 0 Å². The molecule has 6 heteroatoms. The molecular formula is C19H24FN3O2. The Kier molecular flexibility index (Phi) is 6.36. The Morgan fingerprint density at radius 3 is 2.52 bits per heavy atom. The Hall–Kier alpha value is -2.60. The monoisotopic (exact) mass is 345 g/mol. The quantitative estimate of drug-likeness (QED) is 0.750. The number of urea groups is 1. The van der Waals surface area contributed by atoms with E-state index < -0.39 is 12.1 Å². The molecule has 2 aromatic carbocycles. The number of hydrogen-bond donors (Lipinski definition) is 3. The number of amides is 2. The Bertz CT molecular complexity index is 704. The summed E-state index contributed by atoms with van der Waals surface area (Å²) in [7, 11) is 1.99. The Morgan fingerprint density at radius 1 is 1.20 bits per heavy atom. The molecule has 0 saturated heterocycles. The average molecular weight is 345 g/mol. The van der Waals surface area contributed by atoms with E-state index in [-0.39, 0.29) is 12.4 Å². The van der Waals surface area contributed by atoms with Gasteiger partial charge in [-0.05, 0) is 49.7 Å². The largest absolute Gasteiger partial charge is 0.387 e. The molecule has 0 aliphatic heterocycles. The summed E-state index contributed by atoms with van der Waals surface area (Å²) in [5, 5.41) is 15.4. The molecule has 0 bridgehead atoms. The maximum atomic E-state index is 12.9. The van der Waals surface area contributed by atoms with Crippen molar-refractivity contribution in [2.45, 2.75) is 26.0 Å². The standard InChI is InChI=1S/C19H24FN3O2/c1-13(2)23(3)17-6-4-5-16(11-17)22-19(25)21-12-18(24)14-7-9-15(20)10-8-14/h4-11,13,18,24H,12H2,1-3H3,(H2,21,22,25). The lowest BCUT2D eigenvalue weighted by Gasteiger charge is -2.24. The summed E-state index contributed by atoms with van der Waals surface area (Å²) < 4.78 is 12.9. The minimum atomic E-state index is -0.898. The van der Waals surface area contributed by atoms with Crippen LogP contribution in [0.15, 0.2) is 48.5 Å². The van der Waals surface area contributed by atoms with E-state index in [0.29, 0.717) is 17.3 Å². The number of halogens is 1. The van der Waals surface area contributed by atoms with Crippen LogP contribution >= 0.6 is 0 Å². The second kappa shape index (κ2) is 8.48. The van der Waals surface area contributed by atoms with Gasteiger partial charge in [0.05, 0.1) is 6.10 Å². The van der Waals surface area contributed by atoms with Gasteiger partial charge in [0, 0.05) is 31.0 Å². The fourth-order valence-electron chi connectivity index (χ4n) is 2.27. The first-order chi connectivity index (χ1) is 11.9. The fraction of sp³-hybridized carbons (Fsp3) is 0.316. The number of anilines is 2. The topological polar surface area (TPSA) is 64.6 Å². The van der Waals surface area contributed by atoms with Crippen LogP contribution in [-0.2, 0) is 0 Å². The van der Waals surface area contributed by atoms with Gasteiger partial charge in [-0.25, -0.2) is 9.18 Å². The smallest absolute Gasteiger partial charge is 0.319 e. The molecule has 0 aliphatic carbocycles. The van der Waals surface area contributed by atoms with Crippen LogP contribution in [0, 0.1) is 5.82 Å². The second-order valence-electron chi connectivity index (χ2n) is 6.16. The van der Waals surface area contributed by atoms with Crippen LogP contribution in [0.2, 0.25) is 0 Å². The van der Waals surface area contributed by atoms with Gasteiger partial charge >= 0.3 is 6.03 Å². The van der Waals surface area contributed by atoms with Crippen molar-refractivity contribution < 1.29 is 14.3 Å². The Labute approximate surface area is 147 Å². The van der Waals surface area contributed by atoms with Crippen LogP contribution in [0.25, 0.3) is 0 Å². The molecule has 0 spiro atoms. The number of carbonyl (C=O) groups is 1. The first-order valence-corrected chi connectivity index (χ1v) is 8.18. The molecule has 134 valence electrons. The zero-order valence-electron chi connectivity index (χ0n) is 14.7. The minimum absolute atomic E-state index is 0.0308. The van der Waals surface area contributed by atoms with Gasteiger partial charge in [-0.1, -0.05) is 18.2 Å². The normalized spacial score (nSPS) is 11.9. The van der Waals surface area contributed by atoms with Crippen molar-refractivity contribution in [3.63, 3.8) is 0 Å². The van der Waals surface area contributed by atoms with Crippen molar-refractivity contribution >= 4 is 17.4 Å². The molecule has 2 aromatic rings. The SMILES string of the molecule is CC(C)N(C)c1cccc(NC(=O)NCC(O)c2ccc(F)cc2)c1. The molecule has 0 saturated carbocycles. The highest BCUT2D eigenvalue weighted by Gasteiger charge is 2.11. The maximum Gasteiger partial charge on any atom is 0.319 e. The number of nitrogens with zero attached hydrogens (tertiary/aromatic N) is 1. The van der Waals surface area contributed by atoms with E-state index in [1.165, 1.54) is 24.3 Å². The van der Waals surface area contributed by atoms with Gasteiger partial charge in [0.1, 0.15) is 5.82 Å². The van der Waals surface area contributed by atoms with Crippen molar-refractivity contribution in [3.8, 4) is 0 Å². The van der Waals surface area contributed by atoms with E-state index in [1.807, 2.05) is 25.2 Å². The third-order valence-corrected chi connectivity index (χ3v) is 4.00. The van der Waals surface area contributed by atoms with E-state index in [0.717, 1.165) is 5.69 Å². The summed E-state index contributed by atoms with van der Waals surface area (Å²) in [4.78, 5) is 14.1. The number of aliphatic hydroxyl groups excluding tert-OH is 1. The molecule has 0 aromatic heterocycles. The number of carbonyl (C=O) groups excluding carboxylic acids is 1. The highest BCUT2D eigenvalue weighted by Crippen LogP contribution is 2.20. The van der Waals surface area contributed by atoms with Crippen LogP contribution in [-0.4, -0.2) is 30.8 Å². The third-order valence-electron chi connectivity index (χ3n) is 4.00. The molecule has 2 amide bonds. The predicted molar refractivity (Wildman–Crippen MR) is 98.4 cm³/mol. The predicted octanol–water partition coefficient (Wildman–Crippen LogP) is 3.53. The summed E-state index contributed by atoms with van der Waals surface area (Å²) in [6, 6.07) is 13.0. The van der Waals surface area contributed by atoms with Gasteiger partial charge in [0.15, 0.2) is 0 Å². The molecule has 3 N–H and O–H groups in total. The van der Waals surface area contributed by atoms with E-state index >= 15 is 0 Å². The number of benzene rings is 2. The number of hydrogen-bond acceptors (Lipinski definition) is 3. The summed E-state index contributed by atoms with van der Waals surface area (Å²) in [5.74, 6) is -0.368. The van der Waals surface area contributed by atoms with Crippen molar-refractivity contribution in [3.05, 3.63) is 59.9 Å². The molecule has 2 rings (SSSR count). The lowest BCUT2D eigenvalue weighted by Crippen LogP contribution is -2.32. The van der Waals surface area contributed by atoms with Crippen LogP contribution in [0.3, 0.4) is 0 Å². The summed E-state index contributed by atoms with van der Waals surface area (Å²) >= 11 is 0. The van der Waals surface area contributed by atoms with Crippen LogP contribution in [0.5, 0.6) is 0 Å². The van der Waals surface area contributed by atoms with Gasteiger partial charge in [-0.2, -0.15) is 0 Å². The van der Waals surface area contributed by atoms with Crippen molar-refractivity contribution in [1.82, 2.24) is 5.32 Å². The van der Waals surface area contributed by atoms with Gasteiger partial charge < -0.3 is 20.6 Å². The van der Waals surface area contributed by atoms with Gasteiger partial charge in [0.2, 0.25) is 0 Å². The van der Waals surface area contributed by atoms with Crippen LogP contribution < -0.4 is 15.5 Å². The first-order valence-electron chi connectivity index (χ1n) is 8.18. The van der Waals surface area contributed by atoms with Crippen LogP contribution in [0.1, 0.15) is 25.5 Å². The fourth-order valence-corrected chi connectivity index (χ4v) is 2.27. The average Bonchev–Trinajstić information content (AvgIpc) is 2.59. The van der Waals surface area contributed by atoms with Gasteiger partial charge in [0.25, 0.3) is 0 Å². The zero-order valence-corrected chi connectivity index (χ0v) is 14.7. The Balaban J connectivity index is 1.90. The van der Waals surface area contributed by atoms with Crippen molar-refractivity contribution in [2.24, 2.45) is 0 Å². The summed E-state index contributed by atoms with van der Waals surface area (Å²) in [5.41, 5.74) is 2.21. The van der Waals surface area contributed by atoms with E-state index in [2.05, 4.69) is 29.4 Å². The molecule has 0 radical (unpaired) electrons. The van der Waals surface area contributed by atoms with E-state index in [1.54, 1.807) is 6.07 Å². The van der Waals surface area contributed by atoms with E-state index in [9.17, 15) is 14.3 Å². The zero-order chi connectivity index (χ0) is 18.4. The van der Waals surface area contributed by atoms with E-state index in [4.69, 9.17) is 0 Å². The maximum absolute atomic E-state index is 12.9. The first kappa shape index (κ1) is 18.7. The number of rotatable bonds is 6. The minimum Gasteiger partial charge on any atom is -0.387 e. The number of nitrogens with one attached hydrogen (secondary N) is 2. The molecule has 0 aliphatic rings. The lowest BCUT2D eigenvalue weighted by atomic mass is 10.1. The van der Waals surface area contributed by atoms with Crippen molar-refractivity contribution in [1.29, 1.82) is 0 Å². The molecule has 0 fully saturated rings. The summed E-state index contributed by atoms with van der Waals surface area (Å²) in [6.45, 7) is 4.20. The third kappa shape index (κ3) is 5.46. The van der Waals surface area contributed by atoms with Crippen LogP contribution in [0.4, 0.5) is 20.6 Å². The van der Waals surface area contributed by atoms with Crippen molar-refractivity contribution in [2.75, 3.05) is 23.8 Å². The Morgan fingerprint density at radius 2 is 1.88 bits per heavy atom. The van der Waals surface area contributed by atoms with Gasteiger partial charge in [-0.15, -0.1) is 0 Å². The molecular weight excluding hydrogens is 321 g/mol. The lowest BCUT2D eigenvalue weighted by molar-refractivity contribution is 0.175. The molecule has 1 atom stereocenters.